The second-order valence-electron chi connectivity index (χ2n) is 6.60. The van der Waals surface area contributed by atoms with Gasteiger partial charge in [-0.15, -0.1) is 10.2 Å². The fraction of sp³-hybridized carbons (Fsp3) is 0.200. The largest absolute Gasteiger partial charge is 0.370 e. The van der Waals surface area contributed by atoms with E-state index in [1.165, 1.54) is 0 Å². The van der Waals surface area contributed by atoms with Gasteiger partial charge in [-0.1, -0.05) is 48.6 Å². The van der Waals surface area contributed by atoms with Gasteiger partial charge in [-0.3, -0.25) is 9.59 Å². The van der Waals surface area contributed by atoms with E-state index >= 15 is 0 Å². The lowest BCUT2D eigenvalue weighted by atomic mass is 10.1. The highest BCUT2D eigenvalue weighted by atomic mass is 32.2. The van der Waals surface area contributed by atoms with Crippen molar-refractivity contribution in [2.24, 2.45) is 0 Å². The van der Waals surface area contributed by atoms with Crippen LogP contribution in [0.15, 0.2) is 58.9 Å². The summed E-state index contributed by atoms with van der Waals surface area (Å²) in [5, 5.41) is 9.63. The summed E-state index contributed by atoms with van der Waals surface area (Å²) in [6.07, 6.45) is 0.218. The molecule has 31 heavy (non-hydrogen) atoms. The number of hydrogen-bond acceptors (Lipinski definition) is 8. The summed E-state index contributed by atoms with van der Waals surface area (Å²) in [6.45, 7) is 2.28. The molecule has 9 nitrogen and oxygen atoms in total. The second kappa shape index (κ2) is 9.67. The van der Waals surface area contributed by atoms with Crippen LogP contribution in [0.5, 0.6) is 0 Å². The number of aromatic nitrogens is 2. The summed E-state index contributed by atoms with van der Waals surface area (Å²) in [7, 11) is -2.25. The summed E-state index contributed by atoms with van der Waals surface area (Å²) in [4.78, 5) is 25.8. The maximum atomic E-state index is 12.4. The van der Waals surface area contributed by atoms with Crippen molar-refractivity contribution >= 4 is 44.0 Å². The predicted octanol–water partition coefficient (Wildman–Crippen LogP) is 2.64. The molecule has 0 spiro atoms. The molecule has 3 aromatic rings. The van der Waals surface area contributed by atoms with Gasteiger partial charge >= 0.3 is 0 Å². The molecule has 2 aromatic carbocycles. The SMILES string of the molecule is CCC(=O)Nc1nnc(S(=O)(=O)NC(=O)c2ccc(CN(C)c3ccccc3)cc2)s1. The quantitative estimate of drug-likeness (QED) is 0.497. The Morgan fingerprint density at radius 3 is 2.35 bits per heavy atom. The van der Waals surface area contributed by atoms with Gasteiger partial charge in [0.1, 0.15) is 0 Å². The fourth-order valence-electron chi connectivity index (χ4n) is 2.61. The third-order valence-corrected chi connectivity index (χ3v) is 6.80. The zero-order chi connectivity index (χ0) is 22.4. The molecule has 1 heterocycles. The smallest absolute Gasteiger partial charge is 0.293 e. The first-order valence-electron chi connectivity index (χ1n) is 9.34. The van der Waals surface area contributed by atoms with E-state index in [9.17, 15) is 18.0 Å². The maximum Gasteiger partial charge on any atom is 0.293 e. The molecular weight excluding hydrogens is 438 g/mol. The molecule has 0 aliphatic heterocycles. The van der Waals surface area contributed by atoms with Crippen molar-refractivity contribution in [3.05, 3.63) is 65.7 Å². The lowest BCUT2D eigenvalue weighted by Gasteiger charge is -2.19. The second-order valence-corrected chi connectivity index (χ2v) is 9.43. The Kier molecular flexibility index (Phi) is 6.98. The van der Waals surface area contributed by atoms with Crippen LogP contribution < -0.4 is 14.9 Å². The van der Waals surface area contributed by atoms with Crippen LogP contribution in [-0.4, -0.2) is 37.5 Å². The van der Waals surface area contributed by atoms with Crippen molar-refractivity contribution in [2.75, 3.05) is 17.3 Å². The minimum Gasteiger partial charge on any atom is -0.370 e. The van der Waals surface area contributed by atoms with Gasteiger partial charge < -0.3 is 10.2 Å². The van der Waals surface area contributed by atoms with Crippen LogP contribution in [0.25, 0.3) is 0 Å². The molecule has 0 aliphatic carbocycles. The summed E-state index contributed by atoms with van der Waals surface area (Å²) < 4.78 is 26.4. The minimum atomic E-state index is -4.21. The molecular formula is C20H21N5O4S2. The maximum absolute atomic E-state index is 12.4. The van der Waals surface area contributed by atoms with E-state index in [2.05, 4.69) is 20.4 Å². The molecule has 162 valence electrons. The number of amides is 2. The highest BCUT2D eigenvalue weighted by molar-refractivity contribution is 7.92. The molecule has 0 bridgehead atoms. The molecule has 0 radical (unpaired) electrons. The van der Waals surface area contributed by atoms with Crippen molar-refractivity contribution < 1.29 is 18.0 Å². The van der Waals surface area contributed by atoms with E-state index in [0.717, 1.165) is 11.3 Å². The topological polar surface area (TPSA) is 121 Å². The van der Waals surface area contributed by atoms with Crippen LogP contribution >= 0.6 is 11.3 Å². The molecule has 0 unspecified atom stereocenters. The molecule has 2 N–H and O–H groups in total. The number of hydrogen-bond donors (Lipinski definition) is 2. The number of anilines is 2. The zero-order valence-electron chi connectivity index (χ0n) is 16.9. The van der Waals surface area contributed by atoms with Crippen molar-refractivity contribution in [1.82, 2.24) is 14.9 Å². The molecule has 0 atom stereocenters. The van der Waals surface area contributed by atoms with Crippen molar-refractivity contribution in [1.29, 1.82) is 0 Å². The number of nitrogens with zero attached hydrogens (tertiary/aromatic N) is 3. The van der Waals surface area contributed by atoms with Crippen LogP contribution in [-0.2, 0) is 21.4 Å². The number of rotatable bonds is 8. The van der Waals surface area contributed by atoms with Crippen LogP contribution in [0, 0.1) is 0 Å². The zero-order valence-corrected chi connectivity index (χ0v) is 18.5. The molecule has 2 amide bonds. The van der Waals surface area contributed by atoms with Gasteiger partial charge in [0.25, 0.3) is 20.3 Å². The van der Waals surface area contributed by atoms with Crippen LogP contribution in [0.3, 0.4) is 0 Å². The Morgan fingerprint density at radius 1 is 1.03 bits per heavy atom. The highest BCUT2D eigenvalue weighted by Gasteiger charge is 2.24. The Bertz CT molecular complexity index is 1160. The monoisotopic (exact) mass is 459 g/mol. The Labute approximate surface area is 184 Å². The van der Waals surface area contributed by atoms with Crippen molar-refractivity contribution in [2.45, 2.75) is 24.2 Å². The summed E-state index contributed by atoms with van der Waals surface area (Å²) in [6, 6.07) is 16.5. The van der Waals surface area contributed by atoms with Gasteiger partial charge in [0.2, 0.25) is 11.0 Å². The third-order valence-electron chi connectivity index (χ3n) is 4.26. The van der Waals surface area contributed by atoms with Gasteiger partial charge in [0, 0.05) is 31.3 Å². The van der Waals surface area contributed by atoms with Crippen LogP contribution in [0.1, 0.15) is 29.3 Å². The lowest BCUT2D eigenvalue weighted by Crippen LogP contribution is -2.30. The van der Waals surface area contributed by atoms with Gasteiger partial charge in [-0.25, -0.2) is 4.72 Å². The molecule has 1 aromatic heterocycles. The first kappa shape index (κ1) is 22.4. The van der Waals surface area contributed by atoms with Gasteiger partial charge in [-0.05, 0) is 29.8 Å². The molecule has 3 rings (SSSR count). The van der Waals surface area contributed by atoms with E-state index in [1.54, 1.807) is 31.2 Å². The molecule has 11 heteroatoms. The van der Waals surface area contributed by atoms with Crippen LogP contribution in [0.4, 0.5) is 10.8 Å². The molecule has 0 fully saturated rings. The van der Waals surface area contributed by atoms with E-state index in [-0.39, 0.29) is 23.0 Å². The summed E-state index contributed by atoms with van der Waals surface area (Å²) in [5.74, 6) is -1.10. The third kappa shape index (κ3) is 5.86. The number of benzene rings is 2. The predicted molar refractivity (Wildman–Crippen MR) is 118 cm³/mol. The molecule has 0 saturated heterocycles. The standard InChI is InChI=1S/C20H21N5O4S2/c1-3-17(26)21-19-22-23-20(30-19)31(28,29)24-18(27)15-11-9-14(10-12-15)13-25(2)16-7-5-4-6-8-16/h4-12H,3,13H2,1-2H3,(H,24,27)(H,21,22,26). The highest BCUT2D eigenvalue weighted by Crippen LogP contribution is 2.20. The van der Waals surface area contributed by atoms with Gasteiger partial charge in [-0.2, -0.15) is 8.42 Å². The Balaban J connectivity index is 1.64. The number of sulfonamides is 1. The normalized spacial score (nSPS) is 11.0. The fourth-order valence-corrected chi connectivity index (χ4v) is 4.50. The first-order valence-corrected chi connectivity index (χ1v) is 11.6. The summed E-state index contributed by atoms with van der Waals surface area (Å²) >= 11 is 0.666. The van der Waals surface area contributed by atoms with E-state index in [0.29, 0.717) is 17.9 Å². The first-order chi connectivity index (χ1) is 14.8. The van der Waals surface area contributed by atoms with E-state index in [4.69, 9.17) is 0 Å². The van der Waals surface area contributed by atoms with Crippen molar-refractivity contribution in [3.8, 4) is 0 Å². The average Bonchev–Trinajstić information content (AvgIpc) is 3.24. The number of carbonyl (C=O) groups excluding carboxylic acids is 2. The van der Waals surface area contributed by atoms with Crippen LogP contribution in [0.2, 0.25) is 0 Å². The number of nitrogens with one attached hydrogen (secondary N) is 2. The number of para-hydroxylation sites is 1. The van der Waals surface area contributed by atoms with E-state index < -0.39 is 20.3 Å². The van der Waals surface area contributed by atoms with E-state index in [1.807, 2.05) is 42.1 Å². The van der Waals surface area contributed by atoms with Crippen molar-refractivity contribution in [3.63, 3.8) is 0 Å². The Morgan fingerprint density at radius 2 is 1.71 bits per heavy atom. The Hall–Kier alpha value is -3.31. The summed E-state index contributed by atoms with van der Waals surface area (Å²) in [5.41, 5.74) is 2.21. The lowest BCUT2D eigenvalue weighted by molar-refractivity contribution is -0.115. The molecule has 0 saturated carbocycles. The van der Waals surface area contributed by atoms with Gasteiger partial charge in [0.05, 0.1) is 0 Å². The number of carbonyl (C=O) groups is 2. The minimum absolute atomic E-state index is 0.0477. The van der Waals surface area contributed by atoms with Gasteiger partial charge in [0.15, 0.2) is 0 Å². The average molecular weight is 460 g/mol. The molecule has 0 aliphatic rings.